The summed E-state index contributed by atoms with van der Waals surface area (Å²) in [7, 11) is 0. The molecule has 0 radical (unpaired) electrons. The van der Waals surface area contributed by atoms with Gasteiger partial charge in [-0.15, -0.1) is 0 Å². The zero-order valence-electron chi connectivity index (χ0n) is 11.7. The van der Waals surface area contributed by atoms with Crippen molar-refractivity contribution in [3.05, 3.63) is 0 Å². The van der Waals surface area contributed by atoms with Crippen LogP contribution in [-0.4, -0.2) is 23.2 Å². The van der Waals surface area contributed by atoms with Crippen molar-refractivity contribution in [1.82, 2.24) is 5.32 Å². The van der Waals surface area contributed by atoms with Crippen molar-refractivity contribution in [2.75, 3.05) is 0 Å². The fraction of sp³-hybridized carbons (Fsp3) is 0.933. The third-order valence-corrected chi connectivity index (χ3v) is 4.36. The first-order valence-corrected chi connectivity index (χ1v) is 7.55. The van der Waals surface area contributed by atoms with Crippen LogP contribution in [0.2, 0.25) is 0 Å². The molecule has 0 amide bonds. The van der Waals surface area contributed by atoms with Crippen LogP contribution in [0.25, 0.3) is 0 Å². The van der Waals surface area contributed by atoms with Gasteiger partial charge in [0.15, 0.2) is 0 Å². The SMILES string of the molecule is CC(C)CC1CCCC(NC(C(=O)O)C2CC2)C1. The maximum atomic E-state index is 11.3. The largest absolute Gasteiger partial charge is 0.480 e. The number of hydrogen-bond acceptors (Lipinski definition) is 2. The number of rotatable bonds is 6. The lowest BCUT2D eigenvalue weighted by Crippen LogP contribution is -2.46. The predicted octanol–water partition coefficient (Wildman–Crippen LogP) is 3.04. The summed E-state index contributed by atoms with van der Waals surface area (Å²) in [4.78, 5) is 11.3. The molecule has 2 saturated carbocycles. The average molecular weight is 253 g/mol. The summed E-state index contributed by atoms with van der Waals surface area (Å²) >= 11 is 0. The van der Waals surface area contributed by atoms with Gasteiger partial charge in [-0.3, -0.25) is 4.79 Å². The van der Waals surface area contributed by atoms with Gasteiger partial charge in [-0.05, 0) is 49.9 Å². The van der Waals surface area contributed by atoms with Crippen LogP contribution < -0.4 is 5.32 Å². The second-order valence-electron chi connectivity index (χ2n) is 6.68. The van der Waals surface area contributed by atoms with Crippen LogP contribution in [0.15, 0.2) is 0 Å². The standard InChI is InChI=1S/C15H27NO2/c1-10(2)8-11-4-3-5-13(9-11)16-14(15(17)18)12-6-7-12/h10-14,16H,3-9H2,1-2H3,(H,17,18). The third-order valence-electron chi connectivity index (χ3n) is 4.36. The number of carboxylic acids is 1. The highest BCUT2D eigenvalue weighted by molar-refractivity contribution is 5.74. The quantitative estimate of drug-likeness (QED) is 0.765. The van der Waals surface area contributed by atoms with Gasteiger partial charge in [0, 0.05) is 6.04 Å². The van der Waals surface area contributed by atoms with Gasteiger partial charge < -0.3 is 10.4 Å². The van der Waals surface area contributed by atoms with Gasteiger partial charge in [0.25, 0.3) is 0 Å². The number of hydrogen-bond donors (Lipinski definition) is 2. The van der Waals surface area contributed by atoms with Crippen molar-refractivity contribution in [3.8, 4) is 0 Å². The van der Waals surface area contributed by atoms with E-state index in [0.717, 1.165) is 31.1 Å². The molecule has 3 heteroatoms. The van der Waals surface area contributed by atoms with Crippen molar-refractivity contribution >= 4 is 5.97 Å². The Balaban J connectivity index is 1.82. The highest BCUT2D eigenvalue weighted by Crippen LogP contribution is 2.35. The van der Waals surface area contributed by atoms with Crippen molar-refractivity contribution in [1.29, 1.82) is 0 Å². The third kappa shape index (κ3) is 3.98. The van der Waals surface area contributed by atoms with E-state index in [4.69, 9.17) is 0 Å². The van der Waals surface area contributed by atoms with Crippen LogP contribution in [0, 0.1) is 17.8 Å². The van der Waals surface area contributed by atoms with E-state index in [-0.39, 0.29) is 6.04 Å². The first-order chi connectivity index (χ1) is 8.56. The molecule has 0 aliphatic heterocycles. The van der Waals surface area contributed by atoms with Gasteiger partial charge >= 0.3 is 5.97 Å². The Hall–Kier alpha value is -0.570. The van der Waals surface area contributed by atoms with Gasteiger partial charge in [-0.2, -0.15) is 0 Å². The van der Waals surface area contributed by atoms with Gasteiger partial charge in [0.2, 0.25) is 0 Å². The minimum atomic E-state index is -0.650. The lowest BCUT2D eigenvalue weighted by Gasteiger charge is -2.32. The minimum Gasteiger partial charge on any atom is -0.480 e. The molecular weight excluding hydrogens is 226 g/mol. The number of nitrogens with one attached hydrogen (secondary N) is 1. The summed E-state index contributed by atoms with van der Waals surface area (Å²) in [6.45, 7) is 4.56. The molecule has 3 nitrogen and oxygen atoms in total. The normalized spacial score (nSPS) is 30.4. The Bertz CT molecular complexity index is 286. The van der Waals surface area contributed by atoms with Crippen LogP contribution >= 0.6 is 0 Å². The summed E-state index contributed by atoms with van der Waals surface area (Å²) in [5, 5.41) is 12.7. The van der Waals surface area contributed by atoms with Crippen molar-refractivity contribution < 1.29 is 9.90 Å². The molecule has 2 aliphatic carbocycles. The second-order valence-corrected chi connectivity index (χ2v) is 6.68. The van der Waals surface area contributed by atoms with Crippen molar-refractivity contribution in [2.24, 2.45) is 17.8 Å². The summed E-state index contributed by atoms with van der Waals surface area (Å²) in [5.74, 6) is 1.30. The molecule has 2 aliphatic rings. The molecule has 2 rings (SSSR count). The summed E-state index contributed by atoms with van der Waals surface area (Å²) in [5.41, 5.74) is 0. The van der Waals surface area contributed by atoms with Crippen molar-refractivity contribution in [3.63, 3.8) is 0 Å². The smallest absolute Gasteiger partial charge is 0.320 e. The Morgan fingerprint density at radius 1 is 1.28 bits per heavy atom. The molecule has 0 bridgehead atoms. The van der Waals surface area contributed by atoms with E-state index in [9.17, 15) is 9.90 Å². The van der Waals surface area contributed by atoms with Crippen molar-refractivity contribution in [2.45, 2.75) is 70.9 Å². The Kier molecular flexibility index (Phi) is 4.66. The average Bonchev–Trinajstić information content (AvgIpc) is 3.09. The maximum Gasteiger partial charge on any atom is 0.320 e. The topological polar surface area (TPSA) is 49.3 Å². The lowest BCUT2D eigenvalue weighted by molar-refractivity contribution is -0.140. The van der Waals surface area contributed by atoms with Crippen LogP contribution in [-0.2, 0) is 4.79 Å². The Morgan fingerprint density at radius 3 is 2.56 bits per heavy atom. The Morgan fingerprint density at radius 2 is 2.00 bits per heavy atom. The van der Waals surface area contributed by atoms with Crippen LogP contribution in [0.3, 0.4) is 0 Å². The van der Waals surface area contributed by atoms with Gasteiger partial charge in [-0.25, -0.2) is 0 Å². The molecule has 3 atom stereocenters. The summed E-state index contributed by atoms with van der Waals surface area (Å²) in [6, 6.07) is 0.150. The van der Waals surface area contributed by atoms with E-state index in [1.165, 1.54) is 25.7 Å². The molecule has 0 aromatic carbocycles. The van der Waals surface area contributed by atoms with E-state index < -0.39 is 5.97 Å². The van der Waals surface area contributed by atoms with Gasteiger partial charge in [0.05, 0.1) is 0 Å². The lowest BCUT2D eigenvalue weighted by atomic mass is 9.81. The van der Waals surface area contributed by atoms with Gasteiger partial charge in [-0.1, -0.05) is 26.7 Å². The molecule has 0 saturated heterocycles. The molecule has 18 heavy (non-hydrogen) atoms. The van der Waals surface area contributed by atoms with Gasteiger partial charge in [0.1, 0.15) is 6.04 Å². The number of carboxylic acid groups (broad SMARTS) is 1. The molecule has 0 spiro atoms. The molecular formula is C15H27NO2. The molecule has 0 aromatic rings. The molecule has 0 heterocycles. The molecule has 2 N–H and O–H groups in total. The minimum absolute atomic E-state index is 0.284. The fourth-order valence-electron chi connectivity index (χ4n) is 3.42. The first kappa shape index (κ1) is 13.9. The Labute approximate surface area is 110 Å². The van der Waals surface area contributed by atoms with E-state index in [2.05, 4.69) is 19.2 Å². The predicted molar refractivity (Wildman–Crippen MR) is 72.5 cm³/mol. The van der Waals surface area contributed by atoms with Crippen LogP contribution in [0.5, 0.6) is 0 Å². The number of carbonyl (C=O) groups is 1. The first-order valence-electron chi connectivity index (χ1n) is 7.55. The fourth-order valence-corrected chi connectivity index (χ4v) is 3.42. The highest BCUT2D eigenvalue weighted by atomic mass is 16.4. The summed E-state index contributed by atoms with van der Waals surface area (Å²) in [6.07, 6.45) is 8.39. The molecule has 0 aromatic heterocycles. The molecule has 104 valence electrons. The van der Waals surface area contributed by atoms with E-state index in [0.29, 0.717) is 12.0 Å². The molecule has 3 unspecified atom stereocenters. The van der Waals surface area contributed by atoms with E-state index in [1.807, 2.05) is 0 Å². The second kappa shape index (κ2) is 6.05. The molecule has 2 fully saturated rings. The van der Waals surface area contributed by atoms with Crippen LogP contribution in [0.1, 0.15) is 58.8 Å². The summed E-state index contributed by atoms with van der Waals surface area (Å²) < 4.78 is 0. The zero-order valence-corrected chi connectivity index (χ0v) is 11.7. The van der Waals surface area contributed by atoms with E-state index in [1.54, 1.807) is 0 Å². The number of aliphatic carboxylic acids is 1. The maximum absolute atomic E-state index is 11.3. The van der Waals surface area contributed by atoms with E-state index >= 15 is 0 Å². The van der Waals surface area contributed by atoms with Crippen LogP contribution in [0.4, 0.5) is 0 Å². The monoisotopic (exact) mass is 253 g/mol. The zero-order chi connectivity index (χ0) is 13.1. The highest BCUT2D eigenvalue weighted by Gasteiger charge is 2.38.